The fraction of sp³-hybridized carbons (Fsp3) is 0.275. The molecule has 254 valence electrons. The van der Waals surface area contributed by atoms with E-state index in [-0.39, 0.29) is 30.7 Å². The van der Waals surface area contributed by atoms with Gasteiger partial charge in [-0.05, 0) is 66.3 Å². The van der Waals surface area contributed by atoms with E-state index in [2.05, 4.69) is 6.58 Å². The van der Waals surface area contributed by atoms with Gasteiger partial charge in [0.1, 0.15) is 30.8 Å². The SMILES string of the molecule is C=C(C(=O)OCc1ccccc1)[C@@H]1[C@@H]([C@@H](C)OC(=O)OCc2ccccc2)C(=O)N1C(Cc1ccc(OC)cc1)Cc1ccc(OC)cc1. The summed E-state index contributed by atoms with van der Waals surface area (Å²) in [5, 5.41) is 0. The smallest absolute Gasteiger partial charge is 0.497 e. The lowest BCUT2D eigenvalue weighted by atomic mass is 9.76. The van der Waals surface area contributed by atoms with Crippen LogP contribution in [0.15, 0.2) is 121 Å². The molecule has 0 N–H and O–H groups in total. The van der Waals surface area contributed by atoms with Crippen LogP contribution in [-0.2, 0) is 49.9 Å². The second-order valence-electron chi connectivity index (χ2n) is 11.9. The molecule has 1 aliphatic heterocycles. The molecule has 0 spiro atoms. The van der Waals surface area contributed by atoms with Crippen molar-refractivity contribution >= 4 is 18.0 Å². The Kier molecular flexibility index (Phi) is 11.7. The maximum absolute atomic E-state index is 14.2. The molecule has 3 atom stereocenters. The van der Waals surface area contributed by atoms with Crippen LogP contribution in [0.4, 0.5) is 4.79 Å². The topological polar surface area (TPSA) is 101 Å². The molecule has 1 saturated heterocycles. The Hall–Kier alpha value is -5.57. The summed E-state index contributed by atoms with van der Waals surface area (Å²) in [6.07, 6.45) is -0.873. The molecule has 1 heterocycles. The Balaban J connectivity index is 1.40. The van der Waals surface area contributed by atoms with Crippen LogP contribution in [0.2, 0.25) is 0 Å². The van der Waals surface area contributed by atoms with Crippen molar-refractivity contribution in [3.8, 4) is 11.5 Å². The van der Waals surface area contributed by atoms with Crippen LogP contribution < -0.4 is 9.47 Å². The lowest BCUT2D eigenvalue weighted by Gasteiger charge is -2.52. The Morgan fingerprint density at radius 2 is 1.16 bits per heavy atom. The van der Waals surface area contributed by atoms with Crippen molar-refractivity contribution in [3.63, 3.8) is 0 Å². The normalized spacial score (nSPS) is 15.9. The molecule has 0 aromatic heterocycles. The number of esters is 1. The number of hydrogen-bond acceptors (Lipinski definition) is 8. The summed E-state index contributed by atoms with van der Waals surface area (Å²) in [5.41, 5.74) is 3.66. The van der Waals surface area contributed by atoms with Gasteiger partial charge in [0.05, 0.1) is 31.8 Å². The maximum atomic E-state index is 14.2. The minimum absolute atomic E-state index is 0.0187. The van der Waals surface area contributed by atoms with Crippen LogP contribution in [0.5, 0.6) is 11.5 Å². The summed E-state index contributed by atoms with van der Waals surface area (Å²) >= 11 is 0. The van der Waals surface area contributed by atoms with Crippen molar-refractivity contribution in [1.29, 1.82) is 0 Å². The minimum Gasteiger partial charge on any atom is -0.497 e. The molecule has 49 heavy (non-hydrogen) atoms. The number of amides is 1. The lowest BCUT2D eigenvalue weighted by Crippen LogP contribution is -2.69. The van der Waals surface area contributed by atoms with Gasteiger partial charge in [-0.2, -0.15) is 0 Å². The van der Waals surface area contributed by atoms with E-state index in [4.69, 9.17) is 23.7 Å². The van der Waals surface area contributed by atoms with E-state index in [1.165, 1.54) is 0 Å². The number of hydrogen-bond donors (Lipinski definition) is 0. The Morgan fingerprint density at radius 1 is 0.694 bits per heavy atom. The molecule has 1 fully saturated rings. The fourth-order valence-electron chi connectivity index (χ4n) is 6.03. The second kappa shape index (κ2) is 16.5. The van der Waals surface area contributed by atoms with Gasteiger partial charge in [-0.15, -0.1) is 0 Å². The lowest BCUT2D eigenvalue weighted by molar-refractivity contribution is -0.168. The summed E-state index contributed by atoms with van der Waals surface area (Å²) < 4.78 is 27.3. The van der Waals surface area contributed by atoms with Gasteiger partial charge in [0.25, 0.3) is 0 Å². The number of nitrogens with zero attached hydrogens (tertiary/aromatic N) is 1. The van der Waals surface area contributed by atoms with Crippen molar-refractivity contribution in [2.24, 2.45) is 5.92 Å². The average Bonchev–Trinajstić information content (AvgIpc) is 3.13. The number of rotatable bonds is 15. The van der Waals surface area contributed by atoms with Crippen LogP contribution in [-0.4, -0.2) is 55.3 Å². The predicted molar refractivity (Wildman–Crippen MR) is 184 cm³/mol. The molecule has 1 amide bonds. The largest absolute Gasteiger partial charge is 0.508 e. The number of methoxy groups -OCH3 is 2. The molecule has 0 saturated carbocycles. The van der Waals surface area contributed by atoms with E-state index in [1.807, 2.05) is 109 Å². The standard InChI is InChI=1S/C40H41NO8/c1-27(39(43)47-25-31-11-7-5-8-12-31)37-36(28(2)49-40(44)48-26-32-13-9-6-10-14-32)38(42)41(37)33(23-29-15-19-34(45-3)20-16-29)24-30-17-21-35(46-4)22-18-30/h5-22,28,33,36-37H,1,23-26H2,2-4H3/t28-,36-,37-/m1/s1. The van der Waals surface area contributed by atoms with E-state index in [0.29, 0.717) is 24.3 Å². The zero-order valence-corrected chi connectivity index (χ0v) is 28.0. The third-order valence-electron chi connectivity index (χ3n) is 8.65. The molecule has 0 radical (unpaired) electrons. The third kappa shape index (κ3) is 8.87. The van der Waals surface area contributed by atoms with Crippen molar-refractivity contribution in [3.05, 3.63) is 144 Å². The predicted octanol–water partition coefficient (Wildman–Crippen LogP) is 6.73. The molecule has 9 heteroatoms. The molecule has 0 aliphatic carbocycles. The van der Waals surface area contributed by atoms with Crippen LogP contribution >= 0.6 is 0 Å². The monoisotopic (exact) mass is 663 g/mol. The van der Waals surface area contributed by atoms with Crippen LogP contribution in [0, 0.1) is 5.92 Å². The van der Waals surface area contributed by atoms with E-state index in [9.17, 15) is 14.4 Å². The van der Waals surface area contributed by atoms with Crippen LogP contribution in [0.25, 0.3) is 0 Å². The first-order valence-corrected chi connectivity index (χ1v) is 16.1. The number of carbonyl (C=O) groups excluding carboxylic acids is 3. The quantitative estimate of drug-likeness (QED) is 0.0785. The third-order valence-corrected chi connectivity index (χ3v) is 8.65. The molecule has 1 aliphatic rings. The number of ether oxygens (including phenoxy) is 5. The first kappa shape index (κ1) is 34.8. The number of β-lactam (4-membered cyclic amide) rings is 1. The number of benzene rings is 4. The first-order chi connectivity index (χ1) is 23.8. The highest BCUT2D eigenvalue weighted by atomic mass is 16.7. The Bertz CT molecular complexity index is 1660. The van der Waals surface area contributed by atoms with Crippen molar-refractivity contribution < 1.29 is 38.1 Å². The summed E-state index contributed by atoms with van der Waals surface area (Å²) in [6, 6.07) is 32.6. The summed E-state index contributed by atoms with van der Waals surface area (Å²) in [6.45, 7) is 5.82. The second-order valence-corrected chi connectivity index (χ2v) is 11.9. The minimum atomic E-state index is -0.918. The number of likely N-dealkylation sites (tertiary alicyclic amines) is 1. The molecule has 5 rings (SSSR count). The summed E-state index contributed by atoms with van der Waals surface area (Å²) in [4.78, 5) is 42.1. The first-order valence-electron chi connectivity index (χ1n) is 16.1. The van der Waals surface area contributed by atoms with Crippen molar-refractivity contribution in [2.45, 2.75) is 51.2 Å². The maximum Gasteiger partial charge on any atom is 0.508 e. The highest BCUT2D eigenvalue weighted by Gasteiger charge is 2.56. The van der Waals surface area contributed by atoms with Crippen molar-refractivity contribution in [2.75, 3.05) is 14.2 Å². The Labute approximate surface area is 287 Å². The average molecular weight is 664 g/mol. The van der Waals surface area contributed by atoms with E-state index < -0.39 is 30.2 Å². The van der Waals surface area contributed by atoms with E-state index in [1.54, 1.807) is 26.0 Å². The zero-order valence-electron chi connectivity index (χ0n) is 28.0. The molecular formula is C40H41NO8. The molecule has 0 bridgehead atoms. The highest BCUT2D eigenvalue weighted by Crippen LogP contribution is 2.39. The van der Waals surface area contributed by atoms with Gasteiger partial charge in [0, 0.05) is 6.04 Å². The van der Waals surface area contributed by atoms with Gasteiger partial charge in [-0.1, -0.05) is 91.5 Å². The van der Waals surface area contributed by atoms with E-state index >= 15 is 0 Å². The molecule has 4 aromatic carbocycles. The van der Waals surface area contributed by atoms with Gasteiger partial charge in [-0.25, -0.2) is 9.59 Å². The zero-order chi connectivity index (χ0) is 34.8. The fourth-order valence-corrected chi connectivity index (χ4v) is 6.03. The van der Waals surface area contributed by atoms with Crippen LogP contribution in [0.1, 0.15) is 29.2 Å². The summed E-state index contributed by atoms with van der Waals surface area (Å²) in [5.74, 6) is -0.350. The summed E-state index contributed by atoms with van der Waals surface area (Å²) in [7, 11) is 3.21. The molecular weight excluding hydrogens is 622 g/mol. The Morgan fingerprint density at radius 3 is 1.63 bits per heavy atom. The molecule has 9 nitrogen and oxygen atoms in total. The van der Waals surface area contributed by atoms with Gasteiger partial charge in [-0.3, -0.25) is 4.79 Å². The van der Waals surface area contributed by atoms with Crippen molar-refractivity contribution in [1.82, 2.24) is 4.90 Å². The van der Waals surface area contributed by atoms with Crippen LogP contribution in [0.3, 0.4) is 0 Å². The van der Waals surface area contributed by atoms with Gasteiger partial charge in [0.15, 0.2) is 0 Å². The van der Waals surface area contributed by atoms with Gasteiger partial charge >= 0.3 is 12.1 Å². The van der Waals surface area contributed by atoms with E-state index in [0.717, 1.165) is 22.3 Å². The molecule has 0 unspecified atom stereocenters. The highest BCUT2D eigenvalue weighted by molar-refractivity contribution is 5.97. The van der Waals surface area contributed by atoms with Gasteiger partial charge < -0.3 is 28.6 Å². The molecule has 4 aromatic rings. The van der Waals surface area contributed by atoms with Gasteiger partial charge in [0.2, 0.25) is 5.91 Å². The number of carbonyl (C=O) groups is 3.